The van der Waals surface area contributed by atoms with E-state index in [9.17, 15) is 0 Å². The van der Waals surface area contributed by atoms with Gasteiger partial charge in [-0.15, -0.1) is 0 Å². The van der Waals surface area contributed by atoms with Gasteiger partial charge in [0, 0.05) is 0 Å². The van der Waals surface area contributed by atoms with E-state index in [2.05, 4.69) is 63.2 Å². The summed E-state index contributed by atoms with van der Waals surface area (Å²) in [6.07, 6.45) is 0. The lowest BCUT2D eigenvalue weighted by Crippen LogP contribution is -2.23. The Morgan fingerprint density at radius 3 is 2.17 bits per heavy atom. The molecule has 0 aliphatic heterocycles. The molecule has 0 saturated carbocycles. The fraction of sp³-hybridized carbons (Fsp3) is 0.250. The number of benzene rings is 2. The summed E-state index contributed by atoms with van der Waals surface area (Å²) < 4.78 is 5.88. The fourth-order valence-electron chi connectivity index (χ4n) is 1.68. The molecule has 1 nitrogen and oxygen atoms in total. The van der Waals surface area contributed by atoms with E-state index in [4.69, 9.17) is 4.74 Å². The molecule has 0 spiro atoms. The van der Waals surface area contributed by atoms with Gasteiger partial charge in [-0.1, -0.05) is 51.0 Å². The molecule has 0 N–H and O–H groups in total. The number of hydrogen-bond donors (Lipinski definition) is 0. The van der Waals surface area contributed by atoms with E-state index < -0.39 is 0 Å². The number of ether oxygens (including phenoxy) is 1. The van der Waals surface area contributed by atoms with Gasteiger partial charge < -0.3 is 4.74 Å². The first-order valence-corrected chi connectivity index (χ1v) is 7.14. The molecule has 2 aromatic carbocycles. The van der Waals surface area contributed by atoms with Gasteiger partial charge in [-0.05, 0) is 43.5 Å². The Balaban J connectivity index is 2.13. The molecule has 18 heavy (non-hydrogen) atoms. The van der Waals surface area contributed by atoms with Crippen LogP contribution in [-0.2, 0) is 0 Å². The maximum absolute atomic E-state index is 5.88. The van der Waals surface area contributed by atoms with E-state index in [0.717, 1.165) is 5.75 Å². The highest BCUT2D eigenvalue weighted by Crippen LogP contribution is 2.19. The van der Waals surface area contributed by atoms with E-state index in [1.54, 1.807) is 0 Å². The number of rotatable bonds is 3. The van der Waals surface area contributed by atoms with Crippen molar-refractivity contribution in [2.45, 2.75) is 26.4 Å². The predicted octanol–water partition coefficient (Wildman–Crippen LogP) is 3.49. The monoisotopic (exact) mass is 258 g/mol. The average Bonchev–Trinajstić information content (AvgIpc) is 2.28. The summed E-state index contributed by atoms with van der Waals surface area (Å²) in [4.78, 5) is 0. The van der Waals surface area contributed by atoms with Crippen LogP contribution in [0, 0.1) is 0 Å². The summed E-state index contributed by atoms with van der Waals surface area (Å²) in [6.45, 7) is 6.21. The molecular formula is C16H19OP. The van der Waals surface area contributed by atoms with Crippen LogP contribution in [0.5, 0.6) is 5.75 Å². The molecule has 2 rings (SSSR count). The minimum atomic E-state index is -0.144. The highest BCUT2D eigenvalue weighted by Gasteiger charge is 2.11. The van der Waals surface area contributed by atoms with Gasteiger partial charge in [-0.25, -0.2) is 0 Å². The lowest BCUT2D eigenvalue weighted by molar-refractivity contribution is 0.131. The molecule has 0 aliphatic rings. The van der Waals surface area contributed by atoms with Crippen molar-refractivity contribution in [1.82, 2.24) is 0 Å². The molecule has 2 aromatic rings. The Hall–Kier alpha value is -1.33. The van der Waals surface area contributed by atoms with Gasteiger partial charge in [0.25, 0.3) is 0 Å². The highest BCUT2D eigenvalue weighted by molar-refractivity contribution is 7.55. The first-order chi connectivity index (χ1) is 8.53. The van der Waals surface area contributed by atoms with Crippen molar-refractivity contribution in [3.63, 3.8) is 0 Å². The Morgan fingerprint density at radius 2 is 1.50 bits per heavy atom. The topological polar surface area (TPSA) is 9.23 Å². The average molecular weight is 258 g/mol. The maximum Gasteiger partial charge on any atom is 0.120 e. The third kappa shape index (κ3) is 4.16. The van der Waals surface area contributed by atoms with E-state index in [-0.39, 0.29) is 5.60 Å². The van der Waals surface area contributed by atoms with E-state index in [1.807, 2.05) is 12.1 Å². The molecule has 94 valence electrons. The zero-order valence-electron chi connectivity index (χ0n) is 11.1. The van der Waals surface area contributed by atoms with Crippen molar-refractivity contribution in [1.29, 1.82) is 0 Å². The summed E-state index contributed by atoms with van der Waals surface area (Å²) in [5.41, 5.74) is -0.144. The predicted molar refractivity (Wildman–Crippen MR) is 80.8 cm³/mol. The van der Waals surface area contributed by atoms with Crippen molar-refractivity contribution in [2.75, 3.05) is 0 Å². The molecule has 0 aromatic heterocycles. The third-order valence-electron chi connectivity index (χ3n) is 2.32. The molecule has 0 fully saturated rings. The van der Waals surface area contributed by atoms with Crippen molar-refractivity contribution < 1.29 is 4.74 Å². The molecule has 1 unspecified atom stereocenters. The van der Waals surface area contributed by atoms with Crippen LogP contribution in [0.4, 0.5) is 0 Å². The van der Waals surface area contributed by atoms with E-state index >= 15 is 0 Å². The summed E-state index contributed by atoms with van der Waals surface area (Å²) in [5.74, 6) is 0.948. The normalized spacial score (nSPS) is 11.9. The second kappa shape index (κ2) is 5.54. The van der Waals surface area contributed by atoms with Gasteiger partial charge in [-0.2, -0.15) is 0 Å². The quantitative estimate of drug-likeness (QED) is 0.766. The Morgan fingerprint density at radius 1 is 0.833 bits per heavy atom. The zero-order valence-corrected chi connectivity index (χ0v) is 12.1. The van der Waals surface area contributed by atoms with Gasteiger partial charge >= 0.3 is 0 Å². The minimum Gasteiger partial charge on any atom is -0.488 e. The second-order valence-electron chi connectivity index (χ2n) is 5.23. The lowest BCUT2D eigenvalue weighted by atomic mass is 10.2. The third-order valence-corrected chi connectivity index (χ3v) is 3.54. The van der Waals surface area contributed by atoms with Crippen molar-refractivity contribution in [2.24, 2.45) is 0 Å². The first kappa shape index (κ1) is 13.1. The van der Waals surface area contributed by atoms with Crippen molar-refractivity contribution in [3.8, 4) is 5.75 Å². The van der Waals surface area contributed by atoms with Crippen LogP contribution in [0.2, 0.25) is 0 Å². The number of hydrogen-bond acceptors (Lipinski definition) is 1. The van der Waals surface area contributed by atoms with Crippen LogP contribution in [0.3, 0.4) is 0 Å². The fourth-order valence-corrected chi connectivity index (χ4v) is 2.77. The van der Waals surface area contributed by atoms with Gasteiger partial charge in [0.1, 0.15) is 11.4 Å². The van der Waals surface area contributed by atoms with E-state index in [0.29, 0.717) is 8.58 Å². The molecule has 2 heteroatoms. The Bertz CT molecular complexity index is 500. The molecule has 1 atom stereocenters. The minimum absolute atomic E-state index is 0.144. The largest absolute Gasteiger partial charge is 0.488 e. The van der Waals surface area contributed by atoms with Crippen molar-refractivity contribution >= 4 is 19.2 Å². The standard InChI is InChI=1S/C16H19OP/c1-16(2,3)17-13-8-7-11-15(12-13)18-14-9-5-4-6-10-14/h4-12,18H,1-3H3. The summed E-state index contributed by atoms with van der Waals surface area (Å²) in [7, 11) is 0.680. The van der Waals surface area contributed by atoms with Crippen LogP contribution in [0.1, 0.15) is 20.8 Å². The molecule has 0 amide bonds. The first-order valence-electron chi connectivity index (χ1n) is 6.14. The summed E-state index contributed by atoms with van der Waals surface area (Å²) in [5, 5.41) is 2.66. The van der Waals surface area contributed by atoms with Crippen LogP contribution < -0.4 is 15.3 Å². The van der Waals surface area contributed by atoms with Crippen LogP contribution in [0.25, 0.3) is 0 Å². The smallest absolute Gasteiger partial charge is 0.120 e. The molecule has 0 heterocycles. The molecular weight excluding hydrogens is 239 g/mol. The highest BCUT2D eigenvalue weighted by atomic mass is 31.1. The van der Waals surface area contributed by atoms with Gasteiger partial charge in [0.2, 0.25) is 0 Å². The molecule has 0 aliphatic carbocycles. The summed E-state index contributed by atoms with van der Waals surface area (Å²) >= 11 is 0. The van der Waals surface area contributed by atoms with Crippen LogP contribution in [-0.4, -0.2) is 5.60 Å². The zero-order chi connectivity index (χ0) is 13.0. The van der Waals surface area contributed by atoms with Crippen LogP contribution in [0.15, 0.2) is 54.6 Å². The second-order valence-corrected chi connectivity index (χ2v) is 6.64. The summed E-state index contributed by atoms with van der Waals surface area (Å²) in [6, 6.07) is 18.9. The molecule has 0 saturated heterocycles. The van der Waals surface area contributed by atoms with Gasteiger partial charge in [-0.3, -0.25) is 0 Å². The lowest BCUT2D eigenvalue weighted by Gasteiger charge is -2.21. The van der Waals surface area contributed by atoms with Gasteiger partial charge in [0.15, 0.2) is 0 Å². The van der Waals surface area contributed by atoms with Gasteiger partial charge in [0.05, 0.1) is 0 Å². The van der Waals surface area contributed by atoms with E-state index in [1.165, 1.54) is 10.6 Å². The van der Waals surface area contributed by atoms with Crippen LogP contribution >= 0.6 is 8.58 Å². The molecule has 0 bridgehead atoms. The SMILES string of the molecule is CC(C)(C)Oc1cccc(Pc2ccccc2)c1. The van der Waals surface area contributed by atoms with Crippen molar-refractivity contribution in [3.05, 3.63) is 54.6 Å². The maximum atomic E-state index is 5.88. The molecule has 0 radical (unpaired) electrons. The Labute approximate surface area is 111 Å². The Kier molecular flexibility index (Phi) is 4.04.